The molecule has 1 aromatic carbocycles. The van der Waals surface area contributed by atoms with Crippen molar-refractivity contribution in [3.05, 3.63) is 30.3 Å². The molecule has 1 saturated heterocycles. The van der Waals surface area contributed by atoms with Crippen molar-refractivity contribution in [3.8, 4) is 0 Å². The minimum Gasteiger partial charge on any atom is -0.433 e. The number of amides is 2. The average Bonchev–Trinajstić information content (AvgIpc) is 2.51. The van der Waals surface area contributed by atoms with Crippen LogP contribution in [-0.2, 0) is 14.2 Å². The van der Waals surface area contributed by atoms with E-state index in [1.54, 1.807) is 12.1 Å². The first-order valence-electron chi connectivity index (χ1n) is 7.05. The maximum absolute atomic E-state index is 11.6. The molecule has 22 heavy (non-hydrogen) atoms. The molecule has 0 aliphatic carbocycles. The predicted octanol–water partition coefficient (Wildman–Crippen LogP) is 2.00. The van der Waals surface area contributed by atoms with Crippen LogP contribution in [0, 0.1) is 5.41 Å². The molecular formula is C15H20N2O5. The van der Waals surface area contributed by atoms with E-state index in [1.807, 2.05) is 25.1 Å². The number of anilines is 1. The fourth-order valence-electron chi connectivity index (χ4n) is 1.89. The van der Waals surface area contributed by atoms with E-state index in [-0.39, 0.29) is 24.7 Å². The molecule has 0 aromatic heterocycles. The molecule has 7 nitrogen and oxygen atoms in total. The van der Waals surface area contributed by atoms with Crippen LogP contribution in [-0.4, -0.2) is 45.2 Å². The van der Waals surface area contributed by atoms with Crippen LogP contribution in [0.2, 0.25) is 0 Å². The highest BCUT2D eigenvalue weighted by atomic mass is 16.7. The number of hydrogen-bond donors (Lipinski definition) is 2. The van der Waals surface area contributed by atoms with Crippen molar-refractivity contribution < 1.29 is 23.8 Å². The average molecular weight is 308 g/mol. The number of carbonyl (C=O) groups excluding carboxylic acids is 2. The molecule has 7 heteroatoms. The van der Waals surface area contributed by atoms with Crippen LogP contribution in [0.4, 0.5) is 15.3 Å². The lowest BCUT2D eigenvalue weighted by Crippen LogP contribution is -2.41. The van der Waals surface area contributed by atoms with Crippen molar-refractivity contribution in [2.24, 2.45) is 5.41 Å². The Bertz CT molecular complexity index is 496. The van der Waals surface area contributed by atoms with Crippen molar-refractivity contribution in [1.82, 2.24) is 5.32 Å². The predicted molar refractivity (Wildman–Crippen MR) is 79.7 cm³/mol. The van der Waals surface area contributed by atoms with Crippen LogP contribution in [0.15, 0.2) is 30.3 Å². The molecule has 0 radical (unpaired) electrons. The molecular weight excluding hydrogens is 288 g/mol. The molecule has 1 aliphatic rings. The van der Waals surface area contributed by atoms with Gasteiger partial charge in [-0.3, -0.25) is 0 Å². The number of hydrogen-bond acceptors (Lipinski definition) is 5. The normalized spacial score (nSPS) is 16.3. The summed E-state index contributed by atoms with van der Waals surface area (Å²) in [6, 6.07) is 8.90. The van der Waals surface area contributed by atoms with E-state index in [0.717, 1.165) is 5.69 Å². The van der Waals surface area contributed by atoms with E-state index in [9.17, 15) is 9.59 Å². The minimum absolute atomic E-state index is 0.272. The van der Waals surface area contributed by atoms with Gasteiger partial charge in [-0.05, 0) is 12.1 Å². The summed E-state index contributed by atoms with van der Waals surface area (Å²) >= 11 is 0. The van der Waals surface area contributed by atoms with Crippen molar-refractivity contribution in [3.63, 3.8) is 0 Å². The number of nitrogens with one attached hydrogen (secondary N) is 2. The molecule has 1 heterocycles. The highest BCUT2D eigenvalue weighted by Crippen LogP contribution is 2.22. The van der Waals surface area contributed by atoms with Gasteiger partial charge in [-0.15, -0.1) is 0 Å². The fourth-order valence-corrected chi connectivity index (χ4v) is 1.89. The number of ether oxygens (including phenoxy) is 3. The zero-order valence-electron chi connectivity index (χ0n) is 12.5. The first kappa shape index (κ1) is 16.1. The van der Waals surface area contributed by atoms with Crippen LogP contribution < -0.4 is 10.6 Å². The SMILES string of the molecule is CC1(COCCNC(=O)Nc2ccccc2)COC(=O)OC1. The van der Waals surface area contributed by atoms with Gasteiger partial charge < -0.3 is 24.8 Å². The highest BCUT2D eigenvalue weighted by Gasteiger charge is 2.33. The number of rotatable bonds is 6. The Morgan fingerprint density at radius 1 is 1.27 bits per heavy atom. The third kappa shape index (κ3) is 5.25. The number of cyclic esters (lactones) is 2. The highest BCUT2D eigenvalue weighted by molar-refractivity contribution is 5.89. The van der Waals surface area contributed by atoms with Crippen LogP contribution in [0.3, 0.4) is 0 Å². The summed E-state index contributed by atoms with van der Waals surface area (Å²) in [6.45, 7) is 3.60. The third-order valence-electron chi connectivity index (χ3n) is 3.09. The van der Waals surface area contributed by atoms with E-state index < -0.39 is 6.16 Å². The van der Waals surface area contributed by atoms with Gasteiger partial charge in [0.2, 0.25) is 0 Å². The Hall–Kier alpha value is -2.28. The molecule has 1 aliphatic heterocycles. The number of para-hydroxylation sites is 1. The van der Waals surface area contributed by atoms with E-state index in [1.165, 1.54) is 0 Å². The van der Waals surface area contributed by atoms with Gasteiger partial charge in [-0.2, -0.15) is 0 Å². The smallest absolute Gasteiger partial charge is 0.433 e. The summed E-state index contributed by atoms with van der Waals surface area (Å²) < 4.78 is 15.2. The van der Waals surface area contributed by atoms with Crippen molar-refractivity contribution in [2.45, 2.75) is 6.92 Å². The standard InChI is InChI=1S/C15H20N2O5/c1-15(10-21-14(19)22-11-15)9-20-8-7-16-13(18)17-12-5-3-2-4-6-12/h2-6H,7-11H2,1H3,(H2,16,17,18). The molecule has 0 atom stereocenters. The van der Waals surface area contributed by atoms with Gasteiger partial charge in [-0.25, -0.2) is 9.59 Å². The summed E-state index contributed by atoms with van der Waals surface area (Å²) in [5, 5.41) is 5.41. The zero-order valence-corrected chi connectivity index (χ0v) is 12.5. The first-order valence-corrected chi connectivity index (χ1v) is 7.05. The zero-order chi connectivity index (χ0) is 15.8. The van der Waals surface area contributed by atoms with Crippen molar-refractivity contribution in [2.75, 3.05) is 38.3 Å². The van der Waals surface area contributed by atoms with Gasteiger partial charge in [0.05, 0.1) is 18.6 Å². The lowest BCUT2D eigenvalue weighted by Gasteiger charge is -2.31. The van der Waals surface area contributed by atoms with Gasteiger partial charge in [0.15, 0.2) is 0 Å². The molecule has 2 amide bonds. The summed E-state index contributed by atoms with van der Waals surface area (Å²) in [5.74, 6) is 0. The van der Waals surface area contributed by atoms with Gasteiger partial charge in [0, 0.05) is 12.2 Å². The Balaban J connectivity index is 1.57. The number of carbonyl (C=O) groups is 2. The summed E-state index contributed by atoms with van der Waals surface area (Å²) in [6.07, 6.45) is -0.642. The maximum atomic E-state index is 11.6. The molecule has 2 rings (SSSR count). The molecule has 0 unspecified atom stereocenters. The third-order valence-corrected chi connectivity index (χ3v) is 3.09. The molecule has 1 fully saturated rings. The van der Waals surface area contributed by atoms with Crippen LogP contribution in [0.5, 0.6) is 0 Å². The van der Waals surface area contributed by atoms with Crippen molar-refractivity contribution in [1.29, 1.82) is 0 Å². The summed E-state index contributed by atoms with van der Waals surface area (Å²) in [4.78, 5) is 22.4. The Morgan fingerprint density at radius 3 is 2.64 bits per heavy atom. The van der Waals surface area contributed by atoms with Crippen LogP contribution in [0.1, 0.15) is 6.92 Å². The van der Waals surface area contributed by atoms with Gasteiger partial charge in [0.1, 0.15) is 13.2 Å². The van der Waals surface area contributed by atoms with Crippen LogP contribution >= 0.6 is 0 Å². The lowest BCUT2D eigenvalue weighted by molar-refractivity contribution is -0.0844. The minimum atomic E-state index is -0.642. The van der Waals surface area contributed by atoms with E-state index in [2.05, 4.69) is 10.6 Å². The van der Waals surface area contributed by atoms with Gasteiger partial charge in [0.25, 0.3) is 0 Å². The molecule has 0 bridgehead atoms. The second-order valence-corrected chi connectivity index (χ2v) is 5.44. The van der Waals surface area contributed by atoms with Crippen LogP contribution in [0.25, 0.3) is 0 Å². The lowest BCUT2D eigenvalue weighted by atomic mass is 9.94. The van der Waals surface area contributed by atoms with E-state index in [0.29, 0.717) is 19.8 Å². The number of benzene rings is 1. The maximum Gasteiger partial charge on any atom is 0.508 e. The Labute approximate surface area is 128 Å². The second-order valence-electron chi connectivity index (χ2n) is 5.44. The van der Waals surface area contributed by atoms with Crippen molar-refractivity contribution >= 4 is 17.9 Å². The monoisotopic (exact) mass is 308 g/mol. The van der Waals surface area contributed by atoms with Gasteiger partial charge >= 0.3 is 12.2 Å². The largest absolute Gasteiger partial charge is 0.508 e. The quantitative estimate of drug-likeness (QED) is 0.620. The molecule has 0 spiro atoms. The Kier molecular flexibility index (Phi) is 5.60. The summed E-state index contributed by atoms with van der Waals surface area (Å²) in [7, 11) is 0. The molecule has 1 aromatic rings. The number of urea groups is 1. The van der Waals surface area contributed by atoms with Gasteiger partial charge in [-0.1, -0.05) is 25.1 Å². The molecule has 120 valence electrons. The van der Waals surface area contributed by atoms with E-state index in [4.69, 9.17) is 14.2 Å². The summed E-state index contributed by atoms with van der Waals surface area (Å²) in [5.41, 5.74) is 0.384. The molecule has 2 N–H and O–H groups in total. The van der Waals surface area contributed by atoms with E-state index >= 15 is 0 Å². The first-order chi connectivity index (χ1) is 10.6. The Morgan fingerprint density at radius 2 is 1.95 bits per heavy atom. The topological polar surface area (TPSA) is 85.9 Å². The fraction of sp³-hybridized carbons (Fsp3) is 0.467. The molecule has 0 saturated carbocycles. The second kappa shape index (κ2) is 7.65.